The van der Waals surface area contributed by atoms with Gasteiger partial charge in [-0.15, -0.1) is 47.2 Å². The molecule has 0 aliphatic carbocycles. The summed E-state index contributed by atoms with van der Waals surface area (Å²) < 4.78 is 14.6. The van der Waals surface area contributed by atoms with Crippen LogP contribution in [0.15, 0.2) is 176 Å². The second-order valence-electron chi connectivity index (χ2n) is 18.3. The van der Waals surface area contributed by atoms with Crippen molar-refractivity contribution >= 4 is 112 Å². The Labute approximate surface area is 543 Å². The van der Waals surface area contributed by atoms with Crippen LogP contribution in [0.3, 0.4) is 0 Å². The standard InChI is InChI=1S/C18H19N3O3.C16H15N3O3.C12H15ClN2O3.C9H11NO2.C6H6ClN.C2H4ClNO.ClH/c1-2-24-17(22)15-3-5-16(6-4-15)21-12-11-20(18(21)23)13-14-7-9-19-10-8-14;20-15(21)13-1-3-14(4-2-13)19-10-9-18(16(19)22)11-12-5-7-17-8-6-12;1-2-18-11(16)9-3-5-10(6-4-9)15-12(17)14-8-7-13;1-2-12-9(11)7-3-5-8(10)6-4-7;7-5-6-1-3-8-4-2-6;3-1-2-4-5;/h3-10H,2,11-13H2,1H3;1-8H,9-11H2,(H,20,21);3-6H,2,7-8H2,1H3,(H2,14,15,17);3-6H,2,10H2,1H3;1-4H,5H2;1-2H2;1H. The number of rotatable bonds is 19. The van der Waals surface area contributed by atoms with Crippen molar-refractivity contribution in [1.29, 1.82) is 0 Å². The number of hydrogen-bond donors (Lipinski definition) is 4. The molecule has 90 heavy (non-hydrogen) atoms. The van der Waals surface area contributed by atoms with Crippen molar-refractivity contribution < 1.29 is 52.9 Å². The number of carboxylic acid groups (broad SMARTS) is 1. The molecule has 3 aromatic heterocycles. The molecule has 0 bridgehead atoms. The maximum atomic E-state index is 12.6. The van der Waals surface area contributed by atoms with E-state index in [1.807, 2.05) is 36.4 Å². The Bertz CT molecular complexity index is 3280. The normalized spacial score (nSPS) is 11.7. The molecule has 6 amide bonds. The highest BCUT2D eigenvalue weighted by Gasteiger charge is 2.31. The number of esters is 3. The number of amides is 6. The van der Waals surface area contributed by atoms with Gasteiger partial charge >= 0.3 is 42.0 Å². The molecule has 4 aromatic carbocycles. The van der Waals surface area contributed by atoms with Crippen molar-refractivity contribution in [2.75, 3.05) is 91.7 Å². The van der Waals surface area contributed by atoms with Gasteiger partial charge in [0.2, 0.25) is 0 Å². The highest BCUT2D eigenvalue weighted by Crippen LogP contribution is 2.24. The van der Waals surface area contributed by atoms with Gasteiger partial charge in [-0.2, -0.15) is 4.91 Å². The van der Waals surface area contributed by atoms with Crippen LogP contribution in [0.1, 0.15) is 78.9 Å². The van der Waals surface area contributed by atoms with E-state index in [1.54, 1.807) is 162 Å². The van der Waals surface area contributed by atoms with E-state index in [-0.39, 0.29) is 60.5 Å². The number of pyridine rings is 3. The van der Waals surface area contributed by atoms with Crippen LogP contribution < -0.4 is 26.2 Å². The molecule has 5 heterocycles. The zero-order valence-electron chi connectivity index (χ0n) is 49.7. The number of ether oxygens (including phenoxy) is 3. The van der Waals surface area contributed by atoms with E-state index in [4.69, 9.17) is 64.8 Å². The van der Waals surface area contributed by atoms with Gasteiger partial charge in [-0.05, 0) is 171 Å². The molecule has 9 rings (SSSR count). The molecular weight excluding hydrogens is 1240 g/mol. The van der Waals surface area contributed by atoms with Crippen LogP contribution in [0.5, 0.6) is 0 Å². The summed E-state index contributed by atoms with van der Waals surface area (Å²) in [6, 6.07) is 37.3. The number of carboxylic acids is 1. The molecule has 0 saturated carbocycles. The van der Waals surface area contributed by atoms with Crippen LogP contribution in [0.25, 0.3) is 0 Å². The van der Waals surface area contributed by atoms with Crippen molar-refractivity contribution in [3.63, 3.8) is 0 Å². The minimum absolute atomic E-state index is 0. The molecule has 0 atom stereocenters. The predicted molar refractivity (Wildman–Crippen MR) is 350 cm³/mol. The van der Waals surface area contributed by atoms with Gasteiger partial charge in [0.15, 0.2) is 0 Å². The lowest BCUT2D eigenvalue weighted by atomic mass is 10.2. The highest BCUT2D eigenvalue weighted by atomic mass is 35.5. The second kappa shape index (κ2) is 42.5. The number of nitrogens with one attached hydrogen (secondary N) is 2. The number of nitrogens with zero attached hydrogens (tertiary/aromatic N) is 8. The molecule has 0 unspecified atom stereocenters. The van der Waals surface area contributed by atoms with Gasteiger partial charge in [-0.1, -0.05) is 5.18 Å². The fraction of sp³-hybridized carbons (Fsp3) is 0.270. The number of benzene rings is 4. The van der Waals surface area contributed by atoms with Crippen molar-refractivity contribution in [3.8, 4) is 0 Å². The topological polar surface area (TPSA) is 299 Å². The van der Waals surface area contributed by atoms with E-state index in [0.29, 0.717) is 117 Å². The third-order valence-electron chi connectivity index (χ3n) is 12.1. The van der Waals surface area contributed by atoms with Gasteiger partial charge in [0.25, 0.3) is 0 Å². The monoisotopic (exact) mass is 1310 g/mol. The number of carbonyl (C=O) groups excluding carboxylic acids is 6. The van der Waals surface area contributed by atoms with Crippen molar-refractivity contribution in [3.05, 3.63) is 214 Å². The van der Waals surface area contributed by atoms with E-state index in [9.17, 15) is 33.6 Å². The largest absolute Gasteiger partial charge is 0.478 e. The molecule has 2 aliphatic rings. The zero-order valence-corrected chi connectivity index (χ0v) is 52.8. The van der Waals surface area contributed by atoms with Gasteiger partial charge < -0.3 is 45.5 Å². The molecule has 27 heteroatoms. The van der Waals surface area contributed by atoms with E-state index in [0.717, 1.165) is 22.4 Å². The van der Waals surface area contributed by atoms with Crippen LogP contribution in [-0.4, -0.2) is 143 Å². The average Bonchev–Trinajstić information content (AvgIpc) is 1.93. The number of nitroso groups, excluding NO2 is 1. The minimum Gasteiger partial charge on any atom is -0.478 e. The minimum atomic E-state index is -0.974. The number of alkyl halides is 3. The lowest BCUT2D eigenvalue weighted by Gasteiger charge is -2.19. The summed E-state index contributed by atoms with van der Waals surface area (Å²) >= 11 is 15.9. The zero-order chi connectivity index (χ0) is 64.8. The number of anilines is 4. The number of urea groups is 3. The summed E-state index contributed by atoms with van der Waals surface area (Å²) in [5, 5.41) is 16.6. The predicted octanol–water partition coefficient (Wildman–Crippen LogP) is 11.8. The summed E-state index contributed by atoms with van der Waals surface area (Å²) in [4.78, 5) is 109. The fourth-order valence-electron chi connectivity index (χ4n) is 7.71. The first-order chi connectivity index (χ1) is 43.1. The van der Waals surface area contributed by atoms with Crippen LogP contribution in [0, 0.1) is 4.91 Å². The summed E-state index contributed by atoms with van der Waals surface area (Å²) in [5.41, 5.74) is 13.1. The number of aromatic nitrogens is 3. The smallest absolute Gasteiger partial charge is 0.338 e. The van der Waals surface area contributed by atoms with Crippen LogP contribution in [-0.2, 0) is 33.2 Å². The third kappa shape index (κ3) is 26.5. The summed E-state index contributed by atoms with van der Waals surface area (Å²) in [7, 11) is 0. The lowest BCUT2D eigenvalue weighted by molar-refractivity contribution is 0.0517. The lowest BCUT2D eigenvalue weighted by Crippen LogP contribution is -2.31. The highest BCUT2D eigenvalue weighted by molar-refractivity contribution is 6.18. The maximum absolute atomic E-state index is 12.6. The van der Waals surface area contributed by atoms with Gasteiger partial charge in [-0.3, -0.25) is 24.8 Å². The van der Waals surface area contributed by atoms with Crippen molar-refractivity contribution in [2.24, 2.45) is 5.18 Å². The average molecular weight is 1320 g/mol. The second-order valence-corrected chi connectivity index (χ2v) is 19.3. The summed E-state index contributed by atoms with van der Waals surface area (Å²) in [5.74, 6) is -0.746. The van der Waals surface area contributed by atoms with E-state index in [2.05, 4.69) is 30.8 Å². The molecular formula is C63H71Cl4N11O12. The Morgan fingerprint density at radius 3 is 1.22 bits per heavy atom. The molecule has 0 spiro atoms. The third-order valence-corrected chi connectivity index (χ3v) is 12.8. The Morgan fingerprint density at radius 2 is 0.900 bits per heavy atom. The number of nitrogens with two attached hydrogens (primary N) is 1. The summed E-state index contributed by atoms with van der Waals surface area (Å²) in [6.45, 7) is 10.6. The Hall–Kier alpha value is -9.42. The molecule has 7 aromatic rings. The molecule has 478 valence electrons. The molecule has 2 fully saturated rings. The Balaban J connectivity index is 0.000000298. The molecule has 23 nitrogen and oxygen atoms in total. The Morgan fingerprint density at radius 1 is 0.533 bits per heavy atom. The summed E-state index contributed by atoms with van der Waals surface area (Å²) in [6.07, 6.45) is 10.3. The number of carbonyl (C=O) groups is 7. The van der Waals surface area contributed by atoms with Gasteiger partial charge in [0.1, 0.15) is 0 Å². The number of aromatic carboxylic acids is 1. The van der Waals surface area contributed by atoms with Gasteiger partial charge in [-0.25, -0.2) is 33.6 Å². The van der Waals surface area contributed by atoms with Crippen molar-refractivity contribution in [1.82, 2.24) is 30.1 Å². The van der Waals surface area contributed by atoms with E-state index >= 15 is 0 Å². The SMILES string of the molecule is CCOC(=O)c1ccc(N)cc1.CCOC(=O)c1ccc(N2CCN(Cc3ccncc3)C2=O)cc1.CCOC(=O)c1ccc(NC(=O)NCCCl)cc1.Cl.ClCc1ccncc1.O=C(O)c1ccc(N2CCN(Cc3ccncc3)C2=O)cc1.O=NCCCl. The van der Waals surface area contributed by atoms with Crippen LogP contribution >= 0.6 is 47.2 Å². The van der Waals surface area contributed by atoms with Crippen LogP contribution in [0.4, 0.5) is 37.1 Å². The van der Waals surface area contributed by atoms with Crippen molar-refractivity contribution in [2.45, 2.75) is 39.7 Å². The first-order valence-corrected chi connectivity index (χ1v) is 29.4. The fourth-order valence-corrected chi connectivity index (χ4v) is 8.05. The van der Waals surface area contributed by atoms with Crippen LogP contribution in [0.2, 0.25) is 0 Å². The number of nitrogen functional groups attached to an aromatic ring is 1. The maximum Gasteiger partial charge on any atom is 0.338 e. The molecule has 2 saturated heterocycles. The first kappa shape index (κ1) is 74.8. The number of halogens is 4. The molecule has 2 aliphatic heterocycles. The quantitative estimate of drug-likeness (QED) is 0.0192. The van der Waals surface area contributed by atoms with E-state index in [1.165, 1.54) is 12.1 Å². The molecule has 0 radical (unpaired) electrons. The molecule has 5 N–H and O–H groups in total. The van der Waals surface area contributed by atoms with Gasteiger partial charge in [0.05, 0.1) is 48.6 Å². The Kier molecular flexibility index (Phi) is 35.3. The number of hydrogen-bond acceptors (Lipinski definition) is 16. The first-order valence-electron chi connectivity index (χ1n) is 27.8. The van der Waals surface area contributed by atoms with E-state index < -0.39 is 5.97 Å². The van der Waals surface area contributed by atoms with Gasteiger partial charge in [0, 0.05) is 123 Å².